The van der Waals surface area contributed by atoms with E-state index < -0.39 is 23.6 Å². The van der Waals surface area contributed by atoms with E-state index in [0.29, 0.717) is 47.1 Å². The first-order chi connectivity index (χ1) is 15.6. The number of fused-ring (bicyclic) bond motifs is 1. The number of carbonyl (C=O) groups is 2. The maximum absolute atomic E-state index is 12.8. The molecule has 2 aromatic rings. The van der Waals surface area contributed by atoms with Crippen LogP contribution in [0, 0.1) is 0 Å². The SMILES string of the molecule is COC(=O)C(CN1CCC(NC(=O)OC(C)(C)C)CC1)c1c(Cl)cnc2ccc(OC)nc12. The first kappa shape index (κ1) is 25.0. The van der Waals surface area contributed by atoms with Gasteiger partial charge in [0.15, 0.2) is 0 Å². The number of ether oxygens (including phenoxy) is 3. The average Bonchev–Trinajstić information content (AvgIpc) is 2.76. The zero-order valence-electron chi connectivity index (χ0n) is 19.7. The molecule has 9 nitrogen and oxygen atoms in total. The molecule has 0 bridgehead atoms. The maximum Gasteiger partial charge on any atom is 0.407 e. The van der Waals surface area contributed by atoms with E-state index in [0.717, 1.165) is 12.8 Å². The van der Waals surface area contributed by atoms with Crippen LogP contribution < -0.4 is 10.1 Å². The van der Waals surface area contributed by atoms with Crippen molar-refractivity contribution in [2.45, 2.75) is 51.2 Å². The van der Waals surface area contributed by atoms with Gasteiger partial charge in [-0.15, -0.1) is 0 Å². The van der Waals surface area contributed by atoms with Crippen LogP contribution in [-0.4, -0.2) is 72.4 Å². The molecular weight excluding hydrogens is 448 g/mol. The monoisotopic (exact) mass is 478 g/mol. The number of rotatable bonds is 6. The van der Waals surface area contributed by atoms with Gasteiger partial charge < -0.3 is 24.4 Å². The normalized spacial score (nSPS) is 16.3. The second-order valence-corrected chi connectivity index (χ2v) is 9.45. The molecule has 1 fully saturated rings. The molecule has 0 spiro atoms. The Labute approximate surface area is 198 Å². The highest BCUT2D eigenvalue weighted by Gasteiger charge is 2.31. The van der Waals surface area contributed by atoms with Crippen LogP contribution in [0.1, 0.15) is 45.1 Å². The summed E-state index contributed by atoms with van der Waals surface area (Å²) in [5, 5.41) is 3.28. The van der Waals surface area contributed by atoms with Gasteiger partial charge in [-0.1, -0.05) is 11.6 Å². The van der Waals surface area contributed by atoms with Gasteiger partial charge in [0, 0.05) is 43.5 Å². The number of nitrogens with zero attached hydrogens (tertiary/aromatic N) is 3. The minimum Gasteiger partial charge on any atom is -0.481 e. The van der Waals surface area contributed by atoms with Gasteiger partial charge >= 0.3 is 12.1 Å². The molecule has 0 saturated carbocycles. The highest BCUT2D eigenvalue weighted by Crippen LogP contribution is 2.33. The van der Waals surface area contributed by atoms with E-state index in [1.54, 1.807) is 12.1 Å². The fourth-order valence-electron chi connectivity index (χ4n) is 3.91. The van der Waals surface area contributed by atoms with E-state index in [9.17, 15) is 9.59 Å². The van der Waals surface area contributed by atoms with Crippen LogP contribution in [0.5, 0.6) is 5.88 Å². The van der Waals surface area contributed by atoms with Gasteiger partial charge in [0.05, 0.1) is 36.2 Å². The molecule has 2 aromatic heterocycles. The lowest BCUT2D eigenvalue weighted by atomic mass is 9.95. The number of piperidine rings is 1. The molecule has 1 amide bonds. The molecule has 0 aliphatic carbocycles. The highest BCUT2D eigenvalue weighted by molar-refractivity contribution is 6.32. The lowest BCUT2D eigenvalue weighted by Gasteiger charge is -2.34. The standard InChI is InChI=1S/C23H31ClN4O5/c1-23(2,3)33-22(30)26-14-8-10-28(11-9-14)13-15(21(29)32-5)19-16(24)12-25-17-6-7-18(31-4)27-20(17)19/h6-7,12,14-15H,8-11,13H2,1-5H3,(H,26,30). The molecule has 1 N–H and O–H groups in total. The van der Waals surface area contributed by atoms with Crippen LogP contribution in [0.3, 0.4) is 0 Å². The van der Waals surface area contributed by atoms with Crippen molar-refractivity contribution in [3.63, 3.8) is 0 Å². The number of aromatic nitrogens is 2. The number of hydrogen-bond donors (Lipinski definition) is 1. The molecule has 33 heavy (non-hydrogen) atoms. The average molecular weight is 479 g/mol. The van der Waals surface area contributed by atoms with E-state index in [1.165, 1.54) is 20.4 Å². The Morgan fingerprint density at radius 2 is 1.94 bits per heavy atom. The third-order valence-corrected chi connectivity index (χ3v) is 5.77. The van der Waals surface area contributed by atoms with E-state index in [1.807, 2.05) is 20.8 Å². The largest absolute Gasteiger partial charge is 0.481 e. The van der Waals surface area contributed by atoms with Crippen molar-refractivity contribution in [3.8, 4) is 5.88 Å². The van der Waals surface area contributed by atoms with E-state index in [4.69, 9.17) is 25.8 Å². The molecule has 0 aromatic carbocycles. The minimum atomic E-state index is -0.650. The van der Waals surface area contributed by atoms with E-state index >= 15 is 0 Å². The lowest BCUT2D eigenvalue weighted by Crippen LogP contribution is -2.47. The van der Waals surface area contributed by atoms with Gasteiger partial charge in [0.2, 0.25) is 5.88 Å². The number of methoxy groups -OCH3 is 2. The number of nitrogens with one attached hydrogen (secondary N) is 1. The molecule has 1 unspecified atom stereocenters. The Kier molecular flexibility index (Phi) is 7.97. The third-order valence-electron chi connectivity index (χ3n) is 5.47. The Morgan fingerprint density at radius 1 is 1.24 bits per heavy atom. The minimum absolute atomic E-state index is 0.0175. The van der Waals surface area contributed by atoms with Gasteiger partial charge in [-0.25, -0.2) is 9.78 Å². The van der Waals surface area contributed by atoms with Crippen LogP contribution in [0.25, 0.3) is 11.0 Å². The predicted molar refractivity (Wildman–Crippen MR) is 125 cm³/mol. The summed E-state index contributed by atoms with van der Waals surface area (Å²) >= 11 is 6.51. The van der Waals surface area contributed by atoms with Crippen LogP contribution >= 0.6 is 11.6 Å². The first-order valence-corrected chi connectivity index (χ1v) is 11.3. The molecule has 3 rings (SSSR count). The van der Waals surface area contributed by atoms with E-state index in [-0.39, 0.29) is 6.04 Å². The summed E-state index contributed by atoms with van der Waals surface area (Å²) < 4.78 is 15.7. The summed E-state index contributed by atoms with van der Waals surface area (Å²) in [6.45, 7) is 7.31. The van der Waals surface area contributed by atoms with Gasteiger partial charge in [-0.3, -0.25) is 9.78 Å². The van der Waals surface area contributed by atoms with Gasteiger partial charge in [0.1, 0.15) is 5.60 Å². The number of esters is 1. The zero-order valence-corrected chi connectivity index (χ0v) is 20.4. The number of pyridine rings is 2. The number of hydrogen-bond acceptors (Lipinski definition) is 8. The Bertz CT molecular complexity index is 1000. The molecule has 180 valence electrons. The smallest absolute Gasteiger partial charge is 0.407 e. The summed E-state index contributed by atoms with van der Waals surface area (Å²) in [6.07, 6.45) is 2.59. The summed E-state index contributed by atoms with van der Waals surface area (Å²) in [7, 11) is 2.89. The topological polar surface area (TPSA) is 103 Å². The van der Waals surface area contributed by atoms with Gasteiger partial charge in [-0.05, 0) is 39.7 Å². The molecule has 1 atom stereocenters. The van der Waals surface area contributed by atoms with Crippen molar-refractivity contribution in [1.82, 2.24) is 20.2 Å². The fraction of sp³-hybridized carbons (Fsp3) is 0.565. The number of likely N-dealkylation sites (tertiary alicyclic amines) is 1. The van der Waals surface area contributed by atoms with Crippen molar-refractivity contribution >= 4 is 34.7 Å². The molecule has 1 aliphatic rings. The number of halogens is 1. The van der Waals surface area contributed by atoms with Crippen molar-refractivity contribution in [2.75, 3.05) is 33.9 Å². The van der Waals surface area contributed by atoms with Crippen LogP contribution in [0.4, 0.5) is 4.79 Å². The summed E-state index contributed by atoms with van der Waals surface area (Å²) in [4.78, 5) is 35.9. The van der Waals surface area contributed by atoms with Crippen molar-refractivity contribution < 1.29 is 23.8 Å². The van der Waals surface area contributed by atoms with E-state index in [2.05, 4.69) is 20.2 Å². The molecule has 1 saturated heterocycles. The molecule has 1 aliphatic heterocycles. The van der Waals surface area contributed by atoms with Crippen LogP contribution in [-0.2, 0) is 14.3 Å². The van der Waals surface area contributed by atoms with Crippen molar-refractivity contribution in [2.24, 2.45) is 0 Å². The van der Waals surface area contributed by atoms with Crippen LogP contribution in [0.2, 0.25) is 5.02 Å². The summed E-state index contributed by atoms with van der Waals surface area (Å²) in [6, 6.07) is 3.51. The Morgan fingerprint density at radius 3 is 2.55 bits per heavy atom. The van der Waals surface area contributed by atoms with Crippen LogP contribution in [0.15, 0.2) is 18.3 Å². The lowest BCUT2D eigenvalue weighted by molar-refractivity contribution is -0.143. The molecule has 0 radical (unpaired) electrons. The number of carbonyl (C=O) groups excluding carboxylic acids is 2. The molecule has 3 heterocycles. The highest BCUT2D eigenvalue weighted by atomic mass is 35.5. The quantitative estimate of drug-likeness (QED) is 0.629. The molecule has 10 heteroatoms. The van der Waals surface area contributed by atoms with Crippen molar-refractivity contribution in [1.29, 1.82) is 0 Å². The Balaban J connectivity index is 1.75. The van der Waals surface area contributed by atoms with Gasteiger partial charge in [0.25, 0.3) is 0 Å². The first-order valence-electron chi connectivity index (χ1n) is 10.9. The zero-order chi connectivity index (χ0) is 24.2. The predicted octanol–water partition coefficient (Wildman–Crippen LogP) is 3.54. The Hall–Kier alpha value is -2.65. The van der Waals surface area contributed by atoms with Crippen molar-refractivity contribution in [3.05, 3.63) is 28.9 Å². The third kappa shape index (κ3) is 6.45. The van der Waals surface area contributed by atoms with Gasteiger partial charge in [-0.2, -0.15) is 0 Å². The maximum atomic E-state index is 12.8. The number of amides is 1. The summed E-state index contributed by atoms with van der Waals surface area (Å²) in [5.74, 6) is -0.642. The summed E-state index contributed by atoms with van der Waals surface area (Å²) in [5.41, 5.74) is 1.16. The number of alkyl carbamates (subject to hydrolysis) is 1. The second-order valence-electron chi connectivity index (χ2n) is 9.04. The fourth-order valence-corrected chi connectivity index (χ4v) is 4.18. The molecular formula is C23H31ClN4O5. The second kappa shape index (κ2) is 10.5.